The summed E-state index contributed by atoms with van der Waals surface area (Å²) in [6.07, 6.45) is 10.8. The van der Waals surface area contributed by atoms with Crippen molar-refractivity contribution in [1.82, 2.24) is 10.3 Å². The zero-order valence-corrected chi connectivity index (χ0v) is 21.9. The number of rotatable bonds is 10. The van der Waals surface area contributed by atoms with Crippen LogP contribution >= 0.6 is 0 Å². The zero-order valence-electron chi connectivity index (χ0n) is 21.1. The topological polar surface area (TPSA) is 121 Å². The second kappa shape index (κ2) is 13.0. The molecule has 0 amide bonds. The van der Waals surface area contributed by atoms with E-state index in [9.17, 15) is 13.2 Å². The van der Waals surface area contributed by atoms with Crippen LogP contribution in [0, 0.1) is 0 Å². The molecule has 2 aromatic carbocycles. The largest absolute Gasteiger partial charge is 0.481 e. The molecule has 1 heterocycles. The summed E-state index contributed by atoms with van der Waals surface area (Å²) in [5.41, 5.74) is 3.40. The summed E-state index contributed by atoms with van der Waals surface area (Å²) in [5.74, 6) is -0.633. The van der Waals surface area contributed by atoms with Crippen molar-refractivity contribution in [1.29, 1.82) is 0 Å². The molecule has 1 fully saturated rings. The van der Waals surface area contributed by atoms with Gasteiger partial charge in [0, 0.05) is 36.1 Å². The van der Waals surface area contributed by atoms with E-state index >= 15 is 0 Å². The number of nitrogens with zero attached hydrogens (tertiary/aromatic N) is 2. The van der Waals surface area contributed by atoms with E-state index in [4.69, 9.17) is 5.11 Å². The molecule has 4 rings (SSSR count). The van der Waals surface area contributed by atoms with Gasteiger partial charge >= 0.3 is 5.97 Å². The van der Waals surface area contributed by atoms with Gasteiger partial charge < -0.3 is 15.7 Å². The van der Waals surface area contributed by atoms with Crippen LogP contribution in [0.25, 0.3) is 5.57 Å². The third kappa shape index (κ3) is 7.76. The Labute approximate surface area is 223 Å². The molecule has 0 aliphatic heterocycles. The summed E-state index contributed by atoms with van der Waals surface area (Å²) < 4.78 is 30.2. The first-order valence-corrected chi connectivity index (χ1v) is 14.2. The fourth-order valence-electron chi connectivity index (χ4n) is 4.44. The van der Waals surface area contributed by atoms with Crippen molar-refractivity contribution < 1.29 is 18.3 Å². The highest BCUT2D eigenvalue weighted by molar-refractivity contribution is 7.90. The summed E-state index contributed by atoms with van der Waals surface area (Å²) >= 11 is 0. The number of aliphatic carboxylic acids is 1. The maximum Gasteiger partial charge on any atom is 0.303 e. The summed E-state index contributed by atoms with van der Waals surface area (Å²) in [7, 11) is -3.92. The van der Waals surface area contributed by atoms with Crippen molar-refractivity contribution in [3.63, 3.8) is 0 Å². The minimum absolute atomic E-state index is 0.0982. The van der Waals surface area contributed by atoms with Gasteiger partial charge in [0.2, 0.25) is 5.96 Å². The number of hydrogen-bond acceptors (Lipinski definition) is 4. The highest BCUT2D eigenvalue weighted by atomic mass is 32.2. The Morgan fingerprint density at radius 3 is 2.50 bits per heavy atom. The number of anilines is 1. The van der Waals surface area contributed by atoms with Gasteiger partial charge in [-0.1, -0.05) is 55.3 Å². The molecular weight excluding hydrogens is 500 g/mol. The number of benzene rings is 2. The molecule has 0 saturated heterocycles. The zero-order chi connectivity index (χ0) is 26.8. The van der Waals surface area contributed by atoms with E-state index in [1.54, 1.807) is 30.6 Å². The third-order valence-corrected chi connectivity index (χ3v) is 7.59. The number of unbranched alkanes of at least 4 members (excludes halogenated alkanes) is 1. The van der Waals surface area contributed by atoms with Crippen LogP contribution in [-0.2, 0) is 14.8 Å². The first-order chi connectivity index (χ1) is 18.4. The smallest absolute Gasteiger partial charge is 0.303 e. The molecule has 0 bridgehead atoms. The highest BCUT2D eigenvalue weighted by Gasteiger charge is 2.20. The molecule has 1 aliphatic carbocycles. The summed E-state index contributed by atoms with van der Waals surface area (Å²) in [6, 6.07) is 19.8. The van der Waals surface area contributed by atoms with Crippen LogP contribution in [0.4, 0.5) is 5.69 Å². The molecule has 0 atom stereocenters. The van der Waals surface area contributed by atoms with Crippen LogP contribution in [0.3, 0.4) is 0 Å². The Hall–Kier alpha value is -3.98. The molecule has 1 saturated carbocycles. The molecule has 38 heavy (non-hydrogen) atoms. The second-order valence-electron chi connectivity index (χ2n) is 9.21. The van der Waals surface area contributed by atoms with Gasteiger partial charge in [0.05, 0.1) is 4.90 Å². The molecule has 9 heteroatoms. The molecule has 198 valence electrons. The maximum atomic E-state index is 13.0. The van der Waals surface area contributed by atoms with Crippen LogP contribution in [0.15, 0.2) is 94.5 Å². The molecule has 8 nitrogen and oxygen atoms in total. The van der Waals surface area contributed by atoms with E-state index in [2.05, 4.69) is 20.0 Å². The van der Waals surface area contributed by atoms with Crippen LogP contribution in [0.2, 0.25) is 0 Å². The van der Waals surface area contributed by atoms with E-state index in [0.717, 1.165) is 42.4 Å². The van der Waals surface area contributed by atoms with Crippen LogP contribution in [-0.4, -0.2) is 36.5 Å². The molecular formula is C29H32N4O4S. The number of aromatic nitrogens is 1. The lowest BCUT2D eigenvalue weighted by Gasteiger charge is -2.18. The molecule has 3 aromatic rings. The first kappa shape index (κ1) is 27.1. The van der Waals surface area contributed by atoms with Gasteiger partial charge in [0.25, 0.3) is 10.0 Å². The Morgan fingerprint density at radius 2 is 1.79 bits per heavy atom. The predicted molar refractivity (Wildman–Crippen MR) is 149 cm³/mol. The first-order valence-electron chi connectivity index (χ1n) is 12.8. The van der Waals surface area contributed by atoms with E-state index in [0.29, 0.717) is 18.5 Å². The van der Waals surface area contributed by atoms with E-state index in [-0.39, 0.29) is 23.3 Å². The number of carboxylic acids is 1. The Balaban J connectivity index is 1.64. The number of pyridine rings is 1. The fourth-order valence-corrected chi connectivity index (χ4v) is 5.38. The summed E-state index contributed by atoms with van der Waals surface area (Å²) in [5, 5.41) is 15.5. The lowest BCUT2D eigenvalue weighted by atomic mass is 9.97. The van der Waals surface area contributed by atoms with Crippen molar-refractivity contribution in [2.24, 2.45) is 4.40 Å². The van der Waals surface area contributed by atoms with Crippen LogP contribution in [0.5, 0.6) is 0 Å². The van der Waals surface area contributed by atoms with Crippen molar-refractivity contribution in [3.8, 4) is 0 Å². The van der Waals surface area contributed by atoms with E-state index in [1.807, 2.05) is 42.5 Å². The lowest BCUT2D eigenvalue weighted by molar-refractivity contribution is -0.137. The number of allylic oxidation sites excluding steroid dienone is 1. The van der Waals surface area contributed by atoms with Crippen molar-refractivity contribution >= 4 is 33.2 Å². The van der Waals surface area contributed by atoms with E-state index < -0.39 is 16.0 Å². The number of guanidine groups is 1. The average molecular weight is 533 g/mol. The van der Waals surface area contributed by atoms with Crippen molar-refractivity contribution in [3.05, 3.63) is 96.3 Å². The van der Waals surface area contributed by atoms with Crippen LogP contribution in [0.1, 0.15) is 56.1 Å². The van der Waals surface area contributed by atoms with Crippen LogP contribution < -0.4 is 10.6 Å². The molecule has 0 unspecified atom stereocenters. The predicted octanol–water partition coefficient (Wildman–Crippen LogP) is 5.46. The molecule has 1 aromatic heterocycles. The van der Waals surface area contributed by atoms with Gasteiger partial charge in [-0.15, -0.1) is 4.40 Å². The minimum Gasteiger partial charge on any atom is -0.481 e. The van der Waals surface area contributed by atoms with Gasteiger partial charge in [-0.05, 0) is 67.2 Å². The standard InChI is InChI=1S/C29H32N4O4S/c34-28(35)18-7-6-17-27(23-11-9-19-30-21-23)22-10-8-14-25(20-22)32-29(31-24-12-4-5-13-24)33-38(36,37)26-15-2-1-3-16-26/h1-3,8-11,14-17,19-21,24H,4-7,12-13,18H2,(H,34,35)(H2,31,32,33)/b27-17+. The quantitative estimate of drug-likeness (QED) is 0.180. The Bertz CT molecular complexity index is 1380. The summed E-state index contributed by atoms with van der Waals surface area (Å²) in [6.45, 7) is 0. The van der Waals surface area contributed by atoms with Crippen molar-refractivity contribution in [2.45, 2.75) is 55.9 Å². The number of nitrogens with one attached hydrogen (secondary N) is 2. The Morgan fingerprint density at radius 1 is 1.03 bits per heavy atom. The fraction of sp³-hybridized carbons (Fsp3) is 0.276. The average Bonchev–Trinajstić information content (AvgIpc) is 3.42. The lowest BCUT2D eigenvalue weighted by Crippen LogP contribution is -2.38. The second-order valence-corrected chi connectivity index (χ2v) is 10.8. The van der Waals surface area contributed by atoms with Gasteiger partial charge in [-0.25, -0.2) is 0 Å². The Kier molecular flexibility index (Phi) is 9.26. The summed E-state index contributed by atoms with van der Waals surface area (Å²) in [4.78, 5) is 15.3. The molecule has 3 N–H and O–H groups in total. The SMILES string of the molecule is O=C(O)CCC/C=C(/c1cccnc1)c1cccc(N/C(=N\S(=O)(=O)c2ccccc2)NC2CCCC2)c1. The monoisotopic (exact) mass is 532 g/mol. The number of carboxylic acid groups (broad SMARTS) is 1. The highest BCUT2D eigenvalue weighted by Crippen LogP contribution is 2.27. The number of hydrogen-bond donors (Lipinski definition) is 3. The van der Waals surface area contributed by atoms with Gasteiger partial charge in [-0.2, -0.15) is 8.42 Å². The van der Waals surface area contributed by atoms with Gasteiger partial charge in [-0.3, -0.25) is 9.78 Å². The minimum atomic E-state index is -3.92. The number of sulfonamides is 1. The molecule has 1 aliphatic rings. The van der Waals surface area contributed by atoms with E-state index in [1.165, 1.54) is 12.1 Å². The maximum absolute atomic E-state index is 13.0. The third-order valence-electron chi connectivity index (χ3n) is 6.30. The molecule has 0 spiro atoms. The van der Waals surface area contributed by atoms with Gasteiger partial charge in [0.1, 0.15) is 0 Å². The number of carbonyl (C=O) groups is 1. The molecule has 0 radical (unpaired) electrons. The normalized spacial score (nSPS) is 14.8. The van der Waals surface area contributed by atoms with Crippen molar-refractivity contribution in [2.75, 3.05) is 5.32 Å². The van der Waals surface area contributed by atoms with Gasteiger partial charge in [0.15, 0.2) is 0 Å².